The molecule has 3 N–H and O–H groups in total. The van der Waals surface area contributed by atoms with Crippen molar-refractivity contribution in [2.24, 2.45) is 0 Å². The third-order valence-electron chi connectivity index (χ3n) is 3.21. The Morgan fingerprint density at radius 3 is 2.55 bits per heavy atom. The maximum Gasteiger partial charge on any atom is 0.407 e. The molecule has 0 spiro atoms. The van der Waals surface area contributed by atoms with Crippen LogP contribution >= 0.6 is 0 Å². The van der Waals surface area contributed by atoms with Gasteiger partial charge in [-0.2, -0.15) is 0 Å². The summed E-state index contributed by atoms with van der Waals surface area (Å²) in [5.41, 5.74) is 0.942. The topological polar surface area (TPSA) is 87.7 Å². The average molecular weight is 278 g/mol. The number of alkyl carbamates (subject to hydrolysis) is 1. The van der Waals surface area contributed by atoms with E-state index in [1.165, 1.54) is 0 Å². The van der Waals surface area contributed by atoms with Gasteiger partial charge in [0.15, 0.2) is 0 Å². The molecule has 1 aromatic carbocycles. The average Bonchev–Trinajstić information content (AvgIpc) is 2.39. The minimum atomic E-state index is -0.872. The molecule has 6 nitrogen and oxygen atoms in total. The van der Waals surface area contributed by atoms with Crippen LogP contribution in [0.25, 0.3) is 0 Å². The van der Waals surface area contributed by atoms with E-state index in [4.69, 9.17) is 9.84 Å². The summed E-state index contributed by atoms with van der Waals surface area (Å²) in [4.78, 5) is 21.9. The molecule has 1 saturated carbocycles. The highest BCUT2D eigenvalue weighted by Gasteiger charge is 2.30. The van der Waals surface area contributed by atoms with Gasteiger partial charge in [-0.1, -0.05) is 30.3 Å². The van der Waals surface area contributed by atoms with Gasteiger partial charge in [0.05, 0.1) is 6.54 Å². The largest absolute Gasteiger partial charge is 0.480 e. The first-order valence-electron chi connectivity index (χ1n) is 6.56. The van der Waals surface area contributed by atoms with Gasteiger partial charge in [0.25, 0.3) is 0 Å². The van der Waals surface area contributed by atoms with Crippen molar-refractivity contribution in [1.82, 2.24) is 10.6 Å². The zero-order valence-electron chi connectivity index (χ0n) is 11.0. The minimum Gasteiger partial charge on any atom is -0.480 e. The van der Waals surface area contributed by atoms with Crippen LogP contribution in [0.4, 0.5) is 4.79 Å². The molecular weight excluding hydrogens is 260 g/mol. The number of hydrogen-bond acceptors (Lipinski definition) is 4. The number of ether oxygens (including phenoxy) is 1. The number of carbonyl (C=O) groups excluding carboxylic acids is 1. The molecule has 20 heavy (non-hydrogen) atoms. The Hall–Kier alpha value is -2.08. The molecule has 1 amide bonds. The number of amides is 1. The smallest absolute Gasteiger partial charge is 0.407 e. The zero-order chi connectivity index (χ0) is 14.4. The van der Waals surface area contributed by atoms with Crippen molar-refractivity contribution in [3.8, 4) is 0 Å². The van der Waals surface area contributed by atoms with E-state index in [0.29, 0.717) is 0 Å². The van der Waals surface area contributed by atoms with E-state index in [9.17, 15) is 9.59 Å². The highest BCUT2D eigenvalue weighted by atomic mass is 16.5. The van der Waals surface area contributed by atoms with Crippen molar-refractivity contribution in [2.45, 2.75) is 31.5 Å². The fourth-order valence-corrected chi connectivity index (χ4v) is 2.07. The summed E-state index contributed by atoms with van der Waals surface area (Å²) in [6, 6.07) is 9.69. The molecule has 0 aliphatic heterocycles. The maximum atomic E-state index is 11.5. The Bertz CT molecular complexity index is 458. The van der Waals surface area contributed by atoms with Crippen LogP contribution in [-0.4, -0.2) is 35.8 Å². The molecule has 1 aromatic rings. The molecular formula is C14H18N2O4. The molecule has 0 bridgehead atoms. The first kappa shape index (κ1) is 14.3. The predicted octanol–water partition coefficient (Wildman–Crippen LogP) is 1.12. The lowest BCUT2D eigenvalue weighted by molar-refractivity contribution is -0.136. The number of benzene rings is 1. The molecule has 0 heterocycles. The van der Waals surface area contributed by atoms with Crippen LogP contribution in [0.2, 0.25) is 0 Å². The summed E-state index contributed by atoms with van der Waals surface area (Å²) < 4.78 is 5.10. The lowest BCUT2D eigenvalue weighted by Crippen LogP contribution is -2.53. The highest BCUT2D eigenvalue weighted by molar-refractivity contribution is 5.69. The van der Waals surface area contributed by atoms with Crippen molar-refractivity contribution in [1.29, 1.82) is 0 Å². The summed E-state index contributed by atoms with van der Waals surface area (Å²) >= 11 is 0. The quantitative estimate of drug-likeness (QED) is 0.725. The molecule has 0 saturated heterocycles. The third kappa shape index (κ3) is 4.55. The summed E-state index contributed by atoms with van der Waals surface area (Å²) in [5.74, 6) is -0.872. The Kier molecular flexibility index (Phi) is 4.95. The van der Waals surface area contributed by atoms with Crippen molar-refractivity contribution in [3.05, 3.63) is 35.9 Å². The number of carboxylic acid groups (broad SMARTS) is 1. The number of nitrogens with one attached hydrogen (secondary N) is 2. The van der Waals surface area contributed by atoms with Gasteiger partial charge in [0, 0.05) is 12.1 Å². The molecule has 0 aromatic heterocycles. The summed E-state index contributed by atoms with van der Waals surface area (Å²) in [6.45, 7) is 0.204. The Morgan fingerprint density at radius 2 is 1.90 bits per heavy atom. The van der Waals surface area contributed by atoms with Crippen LogP contribution in [0.15, 0.2) is 30.3 Å². The highest BCUT2D eigenvalue weighted by Crippen LogP contribution is 2.19. The molecule has 0 unspecified atom stereocenters. The molecule has 2 rings (SSSR count). The molecule has 0 radical (unpaired) electrons. The monoisotopic (exact) mass is 278 g/mol. The number of carboxylic acids is 1. The number of aliphatic carboxylic acids is 1. The predicted molar refractivity (Wildman–Crippen MR) is 72.2 cm³/mol. The fraction of sp³-hybridized carbons (Fsp3) is 0.429. The van der Waals surface area contributed by atoms with Gasteiger partial charge in [-0.05, 0) is 18.4 Å². The zero-order valence-corrected chi connectivity index (χ0v) is 11.0. The van der Waals surface area contributed by atoms with Gasteiger partial charge in [-0.25, -0.2) is 4.79 Å². The fourth-order valence-electron chi connectivity index (χ4n) is 2.07. The van der Waals surface area contributed by atoms with E-state index in [2.05, 4.69) is 10.6 Å². The van der Waals surface area contributed by atoms with Crippen molar-refractivity contribution in [2.75, 3.05) is 6.54 Å². The summed E-state index contributed by atoms with van der Waals surface area (Å²) in [6.07, 6.45) is 1.03. The van der Waals surface area contributed by atoms with Crippen molar-refractivity contribution >= 4 is 12.1 Å². The molecule has 0 atom stereocenters. The van der Waals surface area contributed by atoms with Crippen LogP contribution in [-0.2, 0) is 16.1 Å². The number of rotatable bonds is 6. The Morgan fingerprint density at radius 1 is 1.20 bits per heavy atom. The molecule has 1 fully saturated rings. The van der Waals surface area contributed by atoms with E-state index < -0.39 is 12.1 Å². The molecule has 6 heteroatoms. The van der Waals surface area contributed by atoms with E-state index in [1.54, 1.807) is 0 Å². The summed E-state index contributed by atoms with van der Waals surface area (Å²) in [7, 11) is 0. The minimum absolute atomic E-state index is 0.0458. The Balaban J connectivity index is 1.59. The van der Waals surface area contributed by atoms with Crippen LogP contribution in [0.5, 0.6) is 0 Å². The van der Waals surface area contributed by atoms with Gasteiger partial charge in [-0.15, -0.1) is 0 Å². The van der Waals surface area contributed by atoms with E-state index in [0.717, 1.165) is 18.4 Å². The molecule has 108 valence electrons. The second-order valence-corrected chi connectivity index (χ2v) is 4.85. The van der Waals surface area contributed by atoms with Crippen LogP contribution < -0.4 is 10.6 Å². The van der Waals surface area contributed by atoms with Gasteiger partial charge >= 0.3 is 12.1 Å². The lowest BCUT2D eigenvalue weighted by atomic mass is 9.87. The summed E-state index contributed by atoms with van der Waals surface area (Å²) in [5, 5.41) is 14.2. The van der Waals surface area contributed by atoms with Gasteiger partial charge in [0.2, 0.25) is 0 Å². The lowest BCUT2D eigenvalue weighted by Gasteiger charge is -2.35. The molecule has 1 aliphatic rings. The normalized spacial score (nSPS) is 20.8. The van der Waals surface area contributed by atoms with Crippen molar-refractivity contribution in [3.63, 3.8) is 0 Å². The Labute approximate surface area is 117 Å². The van der Waals surface area contributed by atoms with Gasteiger partial charge in [-0.3, -0.25) is 4.79 Å². The molecule has 1 aliphatic carbocycles. The van der Waals surface area contributed by atoms with Crippen LogP contribution in [0.1, 0.15) is 18.4 Å². The van der Waals surface area contributed by atoms with Crippen LogP contribution in [0.3, 0.4) is 0 Å². The van der Waals surface area contributed by atoms with Crippen molar-refractivity contribution < 1.29 is 19.4 Å². The third-order valence-corrected chi connectivity index (χ3v) is 3.21. The SMILES string of the molecule is O=C(O)CNC1CC(NC(=O)OCc2ccccc2)C1. The van der Waals surface area contributed by atoms with Crippen LogP contribution in [0, 0.1) is 0 Å². The van der Waals surface area contributed by atoms with E-state index in [-0.39, 0.29) is 25.2 Å². The number of carbonyl (C=O) groups is 2. The maximum absolute atomic E-state index is 11.5. The van der Waals surface area contributed by atoms with E-state index >= 15 is 0 Å². The number of hydrogen-bond donors (Lipinski definition) is 3. The standard InChI is InChI=1S/C14H18N2O4/c17-13(18)8-15-11-6-12(7-11)16-14(19)20-9-10-4-2-1-3-5-10/h1-5,11-12,15H,6-9H2,(H,16,19)(H,17,18). The van der Waals surface area contributed by atoms with Gasteiger partial charge in [0.1, 0.15) is 6.61 Å². The second kappa shape index (κ2) is 6.91. The second-order valence-electron chi connectivity index (χ2n) is 4.85. The van der Waals surface area contributed by atoms with E-state index in [1.807, 2.05) is 30.3 Å². The van der Waals surface area contributed by atoms with Gasteiger partial charge < -0.3 is 20.5 Å². The first-order chi connectivity index (χ1) is 9.63. The first-order valence-corrected chi connectivity index (χ1v) is 6.56.